The quantitative estimate of drug-likeness (QED) is 0.863. The fourth-order valence-electron chi connectivity index (χ4n) is 4.28. The highest BCUT2D eigenvalue weighted by atomic mass is 16.4. The highest BCUT2D eigenvalue weighted by Gasteiger charge is 2.38. The second-order valence-corrected chi connectivity index (χ2v) is 7.51. The minimum absolute atomic E-state index is 0.0479. The Morgan fingerprint density at radius 1 is 1.15 bits per heavy atom. The molecule has 1 aromatic rings. The SMILES string of the molecule is CCn1ncc(CN2CCN(C(=O)[C@H]3CCCC[C@@H]3C(=O)O)CC2)c1C. The van der Waals surface area contributed by atoms with Gasteiger partial charge in [0.1, 0.15) is 0 Å². The summed E-state index contributed by atoms with van der Waals surface area (Å²) in [5.41, 5.74) is 2.45. The molecule has 7 heteroatoms. The molecule has 3 rings (SSSR count). The Labute approximate surface area is 155 Å². The lowest BCUT2D eigenvalue weighted by Gasteiger charge is -2.38. The summed E-state index contributed by atoms with van der Waals surface area (Å²) in [7, 11) is 0. The second-order valence-electron chi connectivity index (χ2n) is 7.51. The van der Waals surface area contributed by atoms with Gasteiger partial charge in [0.2, 0.25) is 5.91 Å². The number of carbonyl (C=O) groups is 2. The minimum Gasteiger partial charge on any atom is -0.481 e. The molecule has 7 nitrogen and oxygen atoms in total. The molecule has 0 spiro atoms. The molecule has 1 saturated carbocycles. The molecule has 1 saturated heterocycles. The number of amides is 1. The summed E-state index contributed by atoms with van der Waals surface area (Å²) in [6, 6.07) is 0. The topological polar surface area (TPSA) is 78.7 Å². The molecule has 1 aliphatic heterocycles. The van der Waals surface area contributed by atoms with E-state index in [4.69, 9.17) is 0 Å². The number of aromatic nitrogens is 2. The first kappa shape index (κ1) is 18.9. The smallest absolute Gasteiger partial charge is 0.307 e. The number of rotatable bonds is 5. The van der Waals surface area contributed by atoms with Crippen LogP contribution in [0.15, 0.2) is 6.20 Å². The van der Waals surface area contributed by atoms with Crippen molar-refractivity contribution in [3.05, 3.63) is 17.5 Å². The Morgan fingerprint density at radius 2 is 1.81 bits per heavy atom. The first-order valence-corrected chi connectivity index (χ1v) is 9.76. The van der Waals surface area contributed by atoms with Crippen LogP contribution < -0.4 is 0 Å². The van der Waals surface area contributed by atoms with E-state index in [2.05, 4.69) is 23.8 Å². The number of piperazine rings is 1. The van der Waals surface area contributed by atoms with Gasteiger partial charge in [0.15, 0.2) is 0 Å². The van der Waals surface area contributed by atoms with Gasteiger partial charge in [-0.2, -0.15) is 5.10 Å². The molecule has 0 unspecified atom stereocenters. The van der Waals surface area contributed by atoms with Gasteiger partial charge in [-0.25, -0.2) is 0 Å². The van der Waals surface area contributed by atoms with Gasteiger partial charge in [-0.1, -0.05) is 12.8 Å². The average molecular weight is 362 g/mol. The molecule has 0 bridgehead atoms. The van der Waals surface area contributed by atoms with Crippen molar-refractivity contribution in [1.29, 1.82) is 0 Å². The van der Waals surface area contributed by atoms with E-state index in [0.717, 1.165) is 39.0 Å². The van der Waals surface area contributed by atoms with Crippen LogP contribution in [-0.2, 0) is 22.7 Å². The zero-order valence-electron chi connectivity index (χ0n) is 15.9. The molecular formula is C19H30N4O3. The largest absolute Gasteiger partial charge is 0.481 e. The first-order valence-electron chi connectivity index (χ1n) is 9.76. The predicted molar refractivity (Wildman–Crippen MR) is 97.6 cm³/mol. The monoisotopic (exact) mass is 362 g/mol. The van der Waals surface area contributed by atoms with E-state index < -0.39 is 11.9 Å². The van der Waals surface area contributed by atoms with Gasteiger partial charge >= 0.3 is 5.97 Å². The molecule has 1 amide bonds. The average Bonchev–Trinajstić information content (AvgIpc) is 3.01. The zero-order chi connectivity index (χ0) is 18.7. The van der Waals surface area contributed by atoms with Crippen molar-refractivity contribution in [1.82, 2.24) is 19.6 Å². The molecule has 0 aromatic carbocycles. The van der Waals surface area contributed by atoms with Gasteiger partial charge in [-0.3, -0.25) is 19.2 Å². The standard InChI is InChI=1S/C19H30N4O3/c1-3-23-14(2)15(12-20-23)13-21-8-10-22(11-9-21)18(24)16-6-4-5-7-17(16)19(25)26/h12,16-17H,3-11,13H2,1-2H3,(H,25,26)/t16-,17-/m0/s1. The van der Waals surface area contributed by atoms with Crippen LogP contribution in [0.5, 0.6) is 0 Å². The second kappa shape index (κ2) is 8.20. The summed E-state index contributed by atoms with van der Waals surface area (Å²) >= 11 is 0. The van der Waals surface area contributed by atoms with Crippen molar-refractivity contribution in [3.8, 4) is 0 Å². The summed E-state index contributed by atoms with van der Waals surface area (Å²) in [6.45, 7) is 8.94. The number of carbonyl (C=O) groups excluding carboxylic acids is 1. The number of aryl methyl sites for hydroxylation is 1. The van der Waals surface area contributed by atoms with Gasteiger partial charge in [0.05, 0.1) is 18.0 Å². The molecule has 2 aliphatic rings. The summed E-state index contributed by atoms with van der Waals surface area (Å²) in [5, 5.41) is 13.8. The number of hydrogen-bond acceptors (Lipinski definition) is 4. The highest BCUT2D eigenvalue weighted by molar-refractivity contribution is 5.85. The molecule has 144 valence electrons. The Hall–Kier alpha value is -1.89. The Kier molecular flexibility index (Phi) is 5.96. The van der Waals surface area contributed by atoms with Crippen molar-refractivity contribution in [3.63, 3.8) is 0 Å². The molecule has 2 heterocycles. The highest BCUT2D eigenvalue weighted by Crippen LogP contribution is 2.32. The van der Waals surface area contributed by atoms with Crippen molar-refractivity contribution in [2.45, 2.75) is 52.6 Å². The molecule has 1 aromatic heterocycles. The van der Waals surface area contributed by atoms with Crippen molar-refractivity contribution in [2.24, 2.45) is 11.8 Å². The van der Waals surface area contributed by atoms with Crippen LogP contribution in [0, 0.1) is 18.8 Å². The number of hydrogen-bond donors (Lipinski definition) is 1. The van der Waals surface area contributed by atoms with E-state index in [1.54, 1.807) is 0 Å². The van der Waals surface area contributed by atoms with Gasteiger partial charge in [-0.05, 0) is 26.7 Å². The van der Waals surface area contributed by atoms with Crippen molar-refractivity contribution in [2.75, 3.05) is 26.2 Å². The fourth-order valence-corrected chi connectivity index (χ4v) is 4.28. The molecule has 2 fully saturated rings. The van der Waals surface area contributed by atoms with E-state index in [0.29, 0.717) is 25.9 Å². The van der Waals surface area contributed by atoms with E-state index in [1.165, 1.54) is 11.3 Å². The molecule has 0 radical (unpaired) electrons. The summed E-state index contributed by atoms with van der Waals surface area (Å²) in [6.07, 6.45) is 5.16. The number of nitrogens with zero attached hydrogens (tertiary/aromatic N) is 4. The maximum atomic E-state index is 12.9. The van der Waals surface area contributed by atoms with Crippen molar-refractivity contribution < 1.29 is 14.7 Å². The summed E-state index contributed by atoms with van der Waals surface area (Å²) in [5.74, 6) is -1.61. The van der Waals surface area contributed by atoms with Crippen LogP contribution in [-0.4, -0.2) is 62.7 Å². The van der Waals surface area contributed by atoms with Gasteiger partial charge < -0.3 is 10.0 Å². The Bertz CT molecular complexity index is 649. The predicted octanol–water partition coefficient (Wildman–Crippen LogP) is 1.75. The van der Waals surface area contributed by atoms with Crippen molar-refractivity contribution >= 4 is 11.9 Å². The fraction of sp³-hybridized carbons (Fsp3) is 0.737. The first-order chi connectivity index (χ1) is 12.5. The molecule has 1 N–H and O–H groups in total. The molecule has 1 aliphatic carbocycles. The van der Waals surface area contributed by atoms with Gasteiger partial charge in [0.25, 0.3) is 0 Å². The lowest BCUT2D eigenvalue weighted by atomic mass is 9.78. The Morgan fingerprint density at radius 3 is 2.38 bits per heavy atom. The van der Waals surface area contributed by atoms with E-state index in [9.17, 15) is 14.7 Å². The minimum atomic E-state index is -0.815. The number of aliphatic carboxylic acids is 1. The van der Waals surface area contributed by atoms with Crippen LogP contribution in [0.2, 0.25) is 0 Å². The third-order valence-electron chi connectivity index (χ3n) is 5.98. The summed E-state index contributed by atoms with van der Waals surface area (Å²) < 4.78 is 2.00. The van der Waals surface area contributed by atoms with Gasteiger partial charge in [-0.15, -0.1) is 0 Å². The van der Waals surface area contributed by atoms with Crippen LogP contribution in [0.1, 0.15) is 43.9 Å². The zero-order valence-corrected chi connectivity index (χ0v) is 15.9. The number of carboxylic acid groups (broad SMARTS) is 1. The van der Waals surface area contributed by atoms with Crippen LogP contribution in [0.4, 0.5) is 0 Å². The maximum absolute atomic E-state index is 12.9. The number of carboxylic acids is 1. The maximum Gasteiger partial charge on any atom is 0.307 e. The van der Waals surface area contributed by atoms with Crippen LogP contribution in [0.3, 0.4) is 0 Å². The Balaban J connectivity index is 1.55. The third kappa shape index (κ3) is 3.92. The van der Waals surface area contributed by atoms with E-state index in [1.807, 2.05) is 15.8 Å². The summed E-state index contributed by atoms with van der Waals surface area (Å²) in [4.78, 5) is 28.6. The van der Waals surface area contributed by atoms with Crippen LogP contribution in [0.25, 0.3) is 0 Å². The van der Waals surface area contributed by atoms with Gasteiger partial charge in [0, 0.05) is 50.5 Å². The molecular weight excluding hydrogens is 332 g/mol. The normalized spacial score (nSPS) is 24.6. The lowest BCUT2D eigenvalue weighted by Crippen LogP contribution is -2.51. The molecule has 26 heavy (non-hydrogen) atoms. The molecule has 2 atom stereocenters. The third-order valence-corrected chi connectivity index (χ3v) is 5.98. The van der Waals surface area contributed by atoms with E-state index >= 15 is 0 Å². The van der Waals surface area contributed by atoms with Crippen LogP contribution >= 0.6 is 0 Å². The van der Waals surface area contributed by atoms with E-state index in [-0.39, 0.29) is 11.8 Å². The lowest BCUT2D eigenvalue weighted by molar-refractivity contribution is -0.153.